The van der Waals surface area contributed by atoms with E-state index in [0.29, 0.717) is 5.56 Å². The number of halogens is 1. The molecule has 0 N–H and O–H groups in total. The number of hydrogen-bond acceptors (Lipinski definition) is 1. The molecule has 2 aliphatic carbocycles. The molecule has 0 aromatic heterocycles. The fourth-order valence-electron chi connectivity index (χ4n) is 6.29. The zero-order chi connectivity index (χ0) is 21.9. The molecule has 1 nitrogen and oxygen atoms in total. The molecular formula is C29H44FN. The highest BCUT2D eigenvalue weighted by Gasteiger charge is 2.30. The average Bonchev–Trinajstić information content (AvgIpc) is 2.81. The quantitative estimate of drug-likeness (QED) is 0.324. The van der Waals surface area contributed by atoms with E-state index in [1.54, 1.807) is 6.07 Å². The van der Waals surface area contributed by atoms with Gasteiger partial charge in [-0.1, -0.05) is 83.6 Å². The smallest absolute Gasteiger partial charge is 0.127 e. The van der Waals surface area contributed by atoms with Crippen LogP contribution in [0.1, 0.15) is 121 Å². The predicted molar refractivity (Wildman–Crippen MR) is 128 cm³/mol. The standard InChI is InChI=1S/C29H44FN/c1-2-3-4-5-6-7-8-23-9-15-26(16-10-23)27-17-11-24(12-18-27)13-19-28-20-14-25(22-31)21-29(28)30/h14,20-21,23-24,26-27H,2-13,15-19H2,1H3/t23-,24?,26-,27?. The minimum Gasteiger partial charge on any atom is -0.207 e. The van der Waals surface area contributed by atoms with E-state index in [-0.39, 0.29) is 5.82 Å². The van der Waals surface area contributed by atoms with Crippen LogP contribution < -0.4 is 0 Å². The zero-order valence-corrected chi connectivity index (χ0v) is 19.9. The monoisotopic (exact) mass is 425 g/mol. The first-order chi connectivity index (χ1) is 15.2. The number of unbranched alkanes of at least 4 members (excludes halogenated alkanes) is 5. The number of nitriles is 1. The van der Waals surface area contributed by atoms with Gasteiger partial charge in [-0.25, -0.2) is 4.39 Å². The molecule has 0 atom stereocenters. The predicted octanol–water partition coefficient (Wildman–Crippen LogP) is 8.99. The molecule has 0 bridgehead atoms. The van der Waals surface area contributed by atoms with Crippen molar-refractivity contribution in [3.05, 3.63) is 35.1 Å². The lowest BCUT2D eigenvalue weighted by Gasteiger charge is -2.38. The van der Waals surface area contributed by atoms with Crippen LogP contribution in [0.3, 0.4) is 0 Å². The van der Waals surface area contributed by atoms with Crippen LogP contribution in [-0.2, 0) is 6.42 Å². The summed E-state index contributed by atoms with van der Waals surface area (Å²) in [7, 11) is 0. The molecule has 0 radical (unpaired) electrons. The highest BCUT2D eigenvalue weighted by Crippen LogP contribution is 2.43. The van der Waals surface area contributed by atoms with E-state index in [0.717, 1.165) is 42.1 Å². The van der Waals surface area contributed by atoms with Gasteiger partial charge in [0, 0.05) is 0 Å². The number of benzene rings is 1. The fourth-order valence-corrected chi connectivity index (χ4v) is 6.29. The van der Waals surface area contributed by atoms with Gasteiger partial charge in [0.15, 0.2) is 0 Å². The van der Waals surface area contributed by atoms with Crippen molar-refractivity contribution in [2.24, 2.45) is 23.7 Å². The Hall–Kier alpha value is -1.36. The molecule has 0 unspecified atom stereocenters. The molecule has 1 aromatic rings. The molecular weight excluding hydrogens is 381 g/mol. The second-order valence-corrected chi connectivity index (χ2v) is 10.6. The second kappa shape index (κ2) is 13.2. The van der Waals surface area contributed by atoms with Gasteiger partial charge >= 0.3 is 0 Å². The molecule has 2 fully saturated rings. The van der Waals surface area contributed by atoms with Crippen molar-refractivity contribution < 1.29 is 4.39 Å². The molecule has 0 spiro atoms. The van der Waals surface area contributed by atoms with E-state index in [1.165, 1.54) is 102 Å². The molecule has 31 heavy (non-hydrogen) atoms. The lowest BCUT2D eigenvalue weighted by atomic mass is 9.68. The van der Waals surface area contributed by atoms with Gasteiger partial charge in [-0.15, -0.1) is 0 Å². The van der Waals surface area contributed by atoms with E-state index in [4.69, 9.17) is 5.26 Å². The first-order valence-corrected chi connectivity index (χ1v) is 13.4. The summed E-state index contributed by atoms with van der Waals surface area (Å²) in [5.41, 5.74) is 1.20. The Morgan fingerprint density at radius 1 is 0.806 bits per heavy atom. The Morgan fingerprint density at radius 3 is 1.97 bits per heavy atom. The van der Waals surface area contributed by atoms with Crippen LogP contribution >= 0.6 is 0 Å². The zero-order valence-electron chi connectivity index (χ0n) is 19.9. The van der Waals surface area contributed by atoms with Crippen molar-refractivity contribution in [2.75, 3.05) is 0 Å². The molecule has 2 saturated carbocycles. The summed E-state index contributed by atoms with van der Waals surface area (Å²) in [4.78, 5) is 0. The first kappa shape index (κ1) is 24.3. The van der Waals surface area contributed by atoms with Crippen molar-refractivity contribution in [1.29, 1.82) is 5.26 Å². The Labute approximate surface area is 190 Å². The third kappa shape index (κ3) is 7.93. The third-order valence-electron chi connectivity index (χ3n) is 8.42. The molecule has 3 rings (SSSR count). The Bertz CT molecular complexity index is 674. The lowest BCUT2D eigenvalue weighted by Crippen LogP contribution is -2.26. The van der Waals surface area contributed by atoms with E-state index in [2.05, 4.69) is 6.92 Å². The van der Waals surface area contributed by atoms with Crippen LogP contribution in [0.15, 0.2) is 18.2 Å². The molecule has 0 saturated heterocycles. The molecule has 0 amide bonds. The highest BCUT2D eigenvalue weighted by molar-refractivity contribution is 5.32. The minimum atomic E-state index is -0.203. The topological polar surface area (TPSA) is 23.8 Å². The maximum absolute atomic E-state index is 14.1. The maximum atomic E-state index is 14.1. The molecule has 172 valence electrons. The normalized spacial score (nSPS) is 26.5. The van der Waals surface area contributed by atoms with Gasteiger partial charge in [0.1, 0.15) is 5.82 Å². The van der Waals surface area contributed by atoms with Gasteiger partial charge < -0.3 is 0 Å². The van der Waals surface area contributed by atoms with Crippen molar-refractivity contribution in [1.82, 2.24) is 0 Å². The van der Waals surface area contributed by atoms with Gasteiger partial charge in [0.05, 0.1) is 11.6 Å². The summed E-state index contributed by atoms with van der Waals surface area (Å²) in [6, 6.07) is 6.96. The summed E-state index contributed by atoms with van der Waals surface area (Å²) in [5, 5.41) is 8.89. The lowest BCUT2D eigenvalue weighted by molar-refractivity contribution is 0.140. The van der Waals surface area contributed by atoms with E-state index in [9.17, 15) is 4.39 Å². The summed E-state index contributed by atoms with van der Waals surface area (Å²) in [6.45, 7) is 2.30. The maximum Gasteiger partial charge on any atom is 0.127 e. The molecule has 1 aromatic carbocycles. The van der Waals surface area contributed by atoms with E-state index >= 15 is 0 Å². The van der Waals surface area contributed by atoms with Crippen LogP contribution in [0, 0.1) is 40.8 Å². The van der Waals surface area contributed by atoms with Crippen LogP contribution in [0.2, 0.25) is 0 Å². The van der Waals surface area contributed by atoms with Gasteiger partial charge in [-0.2, -0.15) is 5.26 Å². The number of nitrogens with zero attached hydrogens (tertiary/aromatic N) is 1. The summed E-state index contributed by atoms with van der Waals surface area (Å²) < 4.78 is 14.1. The Morgan fingerprint density at radius 2 is 1.39 bits per heavy atom. The average molecular weight is 426 g/mol. The Balaban J connectivity index is 1.29. The van der Waals surface area contributed by atoms with Gasteiger partial charge in [-0.05, 0) is 79.9 Å². The number of aryl methyl sites for hydroxylation is 1. The van der Waals surface area contributed by atoms with E-state index in [1.807, 2.05) is 12.1 Å². The SMILES string of the molecule is CCCCCCCC[C@H]1CC[C@H](C2CCC(CCc3ccc(C#N)cc3F)CC2)CC1. The summed E-state index contributed by atoms with van der Waals surface area (Å²) >= 11 is 0. The number of hydrogen-bond donors (Lipinski definition) is 0. The fraction of sp³-hybridized carbons (Fsp3) is 0.759. The van der Waals surface area contributed by atoms with Crippen LogP contribution in [-0.4, -0.2) is 0 Å². The molecule has 2 heteroatoms. The van der Waals surface area contributed by atoms with E-state index < -0.39 is 0 Å². The van der Waals surface area contributed by atoms with Gasteiger partial charge in [0.2, 0.25) is 0 Å². The second-order valence-electron chi connectivity index (χ2n) is 10.6. The van der Waals surface area contributed by atoms with Crippen molar-refractivity contribution in [3.8, 4) is 6.07 Å². The van der Waals surface area contributed by atoms with Gasteiger partial charge in [-0.3, -0.25) is 0 Å². The first-order valence-electron chi connectivity index (χ1n) is 13.4. The Kier molecular flexibility index (Phi) is 10.4. The van der Waals surface area contributed by atoms with Crippen molar-refractivity contribution in [2.45, 2.75) is 116 Å². The van der Waals surface area contributed by atoms with Gasteiger partial charge in [0.25, 0.3) is 0 Å². The molecule has 0 aliphatic heterocycles. The summed E-state index contributed by atoms with van der Waals surface area (Å²) in [5.74, 6) is 3.51. The van der Waals surface area contributed by atoms with Crippen LogP contribution in [0.5, 0.6) is 0 Å². The van der Waals surface area contributed by atoms with Crippen LogP contribution in [0.4, 0.5) is 4.39 Å². The summed E-state index contributed by atoms with van der Waals surface area (Å²) in [6.07, 6.45) is 23.4. The largest absolute Gasteiger partial charge is 0.207 e. The van der Waals surface area contributed by atoms with Crippen LogP contribution in [0.25, 0.3) is 0 Å². The van der Waals surface area contributed by atoms with Crippen molar-refractivity contribution in [3.63, 3.8) is 0 Å². The molecule has 0 heterocycles. The third-order valence-corrected chi connectivity index (χ3v) is 8.42. The van der Waals surface area contributed by atoms with Crippen molar-refractivity contribution >= 4 is 0 Å². The highest BCUT2D eigenvalue weighted by atomic mass is 19.1. The number of rotatable bonds is 11. The minimum absolute atomic E-state index is 0.203. The molecule has 2 aliphatic rings.